The van der Waals surface area contributed by atoms with Gasteiger partial charge in [-0.1, -0.05) is 0 Å². The summed E-state index contributed by atoms with van der Waals surface area (Å²) in [4.78, 5) is 21.6. The molecule has 0 spiro atoms. The van der Waals surface area contributed by atoms with Crippen LogP contribution in [0.3, 0.4) is 0 Å². The van der Waals surface area contributed by atoms with Crippen LogP contribution in [0.5, 0.6) is 0 Å². The maximum Gasteiger partial charge on any atom is 0.466 e. The molecule has 17 heavy (non-hydrogen) atoms. The van der Waals surface area contributed by atoms with Gasteiger partial charge in [0.2, 0.25) is 0 Å². The number of phosphoric acid groups is 1. The largest absolute Gasteiger partial charge is 0.466 e. The minimum Gasteiger partial charge on any atom is -0.394 e. The van der Waals surface area contributed by atoms with Crippen molar-refractivity contribution < 1.29 is 49.5 Å². The molecule has 0 aromatic rings. The Morgan fingerprint density at radius 2 is 1.35 bits per heavy atom. The second-order valence-electron chi connectivity index (χ2n) is 3.23. The van der Waals surface area contributed by atoms with Crippen LogP contribution >= 0.6 is 7.82 Å². The third-order valence-electron chi connectivity index (χ3n) is 1.87. The predicted molar refractivity (Wildman–Crippen MR) is 50.2 cm³/mol. The molecule has 0 amide bonds. The Balaban J connectivity index is 0.000000437. The van der Waals surface area contributed by atoms with E-state index in [1.54, 1.807) is 0 Å². The standard InChI is InChI=1S/C6H12O6.H3O4P/c7-1-2-3(8)4(9)5(10)6(11)12-2;1-5(2,3)4/h2-11H,1H2;(H3,1,2,3,4)/t2-,3-,4+,5+,6+;/m1./s1. The van der Waals surface area contributed by atoms with E-state index >= 15 is 0 Å². The Morgan fingerprint density at radius 3 is 1.71 bits per heavy atom. The minimum atomic E-state index is -4.64. The molecule has 11 heteroatoms. The average molecular weight is 278 g/mol. The van der Waals surface area contributed by atoms with Gasteiger partial charge in [-0.3, -0.25) is 0 Å². The van der Waals surface area contributed by atoms with Gasteiger partial charge in [-0.25, -0.2) is 4.57 Å². The molecule has 5 atom stereocenters. The molecule has 1 saturated heterocycles. The van der Waals surface area contributed by atoms with Crippen molar-refractivity contribution in [3.05, 3.63) is 0 Å². The molecular weight excluding hydrogens is 263 g/mol. The summed E-state index contributed by atoms with van der Waals surface area (Å²) in [6, 6.07) is 0. The van der Waals surface area contributed by atoms with E-state index in [1.165, 1.54) is 0 Å². The van der Waals surface area contributed by atoms with E-state index < -0.39 is 45.1 Å². The second kappa shape index (κ2) is 6.71. The molecule has 1 aliphatic rings. The molecule has 104 valence electrons. The molecule has 0 aromatic heterocycles. The van der Waals surface area contributed by atoms with Crippen LogP contribution in [0.15, 0.2) is 0 Å². The lowest BCUT2D eigenvalue weighted by Gasteiger charge is -2.37. The maximum atomic E-state index is 9.12. The van der Waals surface area contributed by atoms with Gasteiger partial charge in [0.1, 0.15) is 24.4 Å². The first kappa shape index (κ1) is 16.9. The van der Waals surface area contributed by atoms with Gasteiger partial charge in [-0.15, -0.1) is 0 Å². The summed E-state index contributed by atoms with van der Waals surface area (Å²) < 4.78 is 13.5. The summed E-state index contributed by atoms with van der Waals surface area (Å²) in [6.45, 7) is -0.526. The first-order chi connectivity index (χ1) is 7.57. The molecule has 0 aromatic carbocycles. The molecular formula is C6H15O10P. The SMILES string of the molecule is O=P(O)(O)O.OC[C@H]1O[C@H](O)[C@@H](O)[C@@H](O)[C@@H]1O. The molecule has 0 saturated carbocycles. The van der Waals surface area contributed by atoms with Crippen LogP contribution in [0.1, 0.15) is 0 Å². The topological polar surface area (TPSA) is 188 Å². The monoisotopic (exact) mass is 278 g/mol. The summed E-state index contributed by atoms with van der Waals surface area (Å²) in [6.07, 6.45) is -7.04. The van der Waals surface area contributed by atoms with Crippen molar-refractivity contribution in [2.24, 2.45) is 0 Å². The number of rotatable bonds is 1. The Morgan fingerprint density at radius 1 is 0.941 bits per heavy atom. The van der Waals surface area contributed by atoms with Crippen molar-refractivity contribution in [3.63, 3.8) is 0 Å². The molecule has 1 heterocycles. The van der Waals surface area contributed by atoms with Crippen LogP contribution in [0.4, 0.5) is 0 Å². The lowest BCUT2D eigenvalue weighted by molar-refractivity contribution is -0.286. The van der Waals surface area contributed by atoms with E-state index in [0.29, 0.717) is 0 Å². The van der Waals surface area contributed by atoms with E-state index in [4.69, 9.17) is 44.8 Å². The fourth-order valence-electron chi connectivity index (χ4n) is 1.08. The van der Waals surface area contributed by atoms with E-state index in [0.717, 1.165) is 0 Å². The fraction of sp³-hybridized carbons (Fsp3) is 1.00. The number of ether oxygens (including phenoxy) is 1. The highest BCUT2D eigenvalue weighted by Crippen LogP contribution is 2.25. The smallest absolute Gasteiger partial charge is 0.394 e. The van der Waals surface area contributed by atoms with Crippen LogP contribution < -0.4 is 0 Å². The molecule has 0 bridgehead atoms. The van der Waals surface area contributed by atoms with Crippen LogP contribution in [-0.2, 0) is 9.30 Å². The highest BCUT2D eigenvalue weighted by molar-refractivity contribution is 7.45. The van der Waals surface area contributed by atoms with Crippen LogP contribution in [-0.4, -0.2) is 77.5 Å². The van der Waals surface area contributed by atoms with Gasteiger partial charge in [0.25, 0.3) is 0 Å². The number of aliphatic hydroxyl groups excluding tert-OH is 5. The highest BCUT2D eigenvalue weighted by Gasteiger charge is 2.42. The third kappa shape index (κ3) is 6.38. The van der Waals surface area contributed by atoms with Gasteiger partial charge < -0.3 is 44.9 Å². The number of hydrogen-bond acceptors (Lipinski definition) is 7. The van der Waals surface area contributed by atoms with Gasteiger partial charge in [0, 0.05) is 0 Å². The lowest BCUT2D eigenvalue weighted by atomic mass is 10.00. The summed E-state index contributed by atoms with van der Waals surface area (Å²) in [7, 11) is -4.64. The van der Waals surface area contributed by atoms with Gasteiger partial charge in [0.05, 0.1) is 6.61 Å². The molecule has 1 rings (SSSR count). The quantitative estimate of drug-likeness (QED) is 0.218. The van der Waals surface area contributed by atoms with Crippen LogP contribution in [0.25, 0.3) is 0 Å². The van der Waals surface area contributed by atoms with Crippen molar-refractivity contribution >= 4 is 7.82 Å². The zero-order chi connectivity index (χ0) is 13.8. The maximum absolute atomic E-state index is 9.12. The molecule has 1 aliphatic heterocycles. The van der Waals surface area contributed by atoms with Crippen LogP contribution in [0.2, 0.25) is 0 Å². The minimum absolute atomic E-state index is 0.526. The van der Waals surface area contributed by atoms with Gasteiger partial charge in [0.15, 0.2) is 6.29 Å². The highest BCUT2D eigenvalue weighted by atomic mass is 31.2. The molecule has 10 nitrogen and oxygen atoms in total. The van der Waals surface area contributed by atoms with Crippen molar-refractivity contribution in [2.75, 3.05) is 6.61 Å². The van der Waals surface area contributed by atoms with Crippen molar-refractivity contribution in [1.82, 2.24) is 0 Å². The summed E-state index contributed by atoms with van der Waals surface area (Å²) in [5, 5.41) is 44.7. The van der Waals surface area contributed by atoms with Crippen molar-refractivity contribution in [2.45, 2.75) is 30.7 Å². The summed E-state index contributed by atoms with van der Waals surface area (Å²) >= 11 is 0. The zero-order valence-corrected chi connectivity index (χ0v) is 9.33. The van der Waals surface area contributed by atoms with E-state index in [9.17, 15) is 0 Å². The average Bonchev–Trinajstić information content (AvgIpc) is 2.18. The molecule has 0 aliphatic carbocycles. The molecule has 0 unspecified atom stereocenters. The van der Waals surface area contributed by atoms with Gasteiger partial charge in [-0.05, 0) is 0 Å². The Hall–Kier alpha value is -0.130. The first-order valence-corrected chi connectivity index (χ1v) is 5.91. The lowest BCUT2D eigenvalue weighted by Crippen LogP contribution is -2.58. The molecule has 1 fully saturated rings. The van der Waals surface area contributed by atoms with E-state index in [2.05, 4.69) is 4.74 Å². The van der Waals surface area contributed by atoms with Gasteiger partial charge in [-0.2, -0.15) is 0 Å². The normalized spacial score (nSPS) is 38.2. The predicted octanol–water partition coefficient (Wildman–Crippen LogP) is -4.15. The zero-order valence-electron chi connectivity index (χ0n) is 8.44. The van der Waals surface area contributed by atoms with Crippen molar-refractivity contribution in [3.8, 4) is 0 Å². The molecule has 0 radical (unpaired) electrons. The Kier molecular flexibility index (Phi) is 6.66. The number of aliphatic hydroxyl groups is 5. The first-order valence-electron chi connectivity index (χ1n) is 4.34. The second-order valence-corrected chi connectivity index (χ2v) is 4.26. The van der Waals surface area contributed by atoms with Crippen LogP contribution in [0, 0.1) is 0 Å². The summed E-state index contributed by atoms with van der Waals surface area (Å²) in [5.74, 6) is 0. The Labute approximate surface area is 95.6 Å². The van der Waals surface area contributed by atoms with E-state index in [-0.39, 0.29) is 0 Å². The third-order valence-corrected chi connectivity index (χ3v) is 1.87. The van der Waals surface area contributed by atoms with Crippen molar-refractivity contribution in [1.29, 1.82) is 0 Å². The summed E-state index contributed by atoms with van der Waals surface area (Å²) in [5.41, 5.74) is 0. The fourth-order valence-corrected chi connectivity index (χ4v) is 1.08. The number of hydrogen-bond donors (Lipinski definition) is 8. The van der Waals surface area contributed by atoms with E-state index in [1.807, 2.05) is 0 Å². The Bertz CT molecular complexity index is 253. The van der Waals surface area contributed by atoms with Gasteiger partial charge >= 0.3 is 7.82 Å². The molecule has 8 N–H and O–H groups in total.